The summed E-state index contributed by atoms with van der Waals surface area (Å²) in [4.78, 5) is 0. The van der Waals surface area contributed by atoms with Crippen LogP contribution in [0.15, 0.2) is 18.2 Å². The molecular weight excluding hydrogens is 206 g/mol. The highest BCUT2D eigenvalue weighted by Gasteiger charge is 2.11. The largest absolute Gasteiger partial charge is 0.508 e. The molecule has 5 heteroatoms. The Morgan fingerprint density at radius 3 is 2.57 bits per heavy atom. The third-order valence-electron chi connectivity index (χ3n) is 1.77. The Morgan fingerprint density at radius 2 is 2.00 bits per heavy atom. The van der Waals surface area contributed by atoms with E-state index in [9.17, 15) is 10.2 Å². The topological polar surface area (TPSA) is 72.7 Å². The molecule has 0 aliphatic heterocycles. The van der Waals surface area contributed by atoms with Crippen LogP contribution in [0.4, 0.5) is 0 Å². The molecule has 0 bridgehead atoms. The van der Waals surface area contributed by atoms with E-state index in [4.69, 9.17) is 5.11 Å². The van der Waals surface area contributed by atoms with E-state index in [-0.39, 0.29) is 23.9 Å². The van der Waals surface area contributed by atoms with Crippen molar-refractivity contribution in [1.82, 2.24) is 5.32 Å². The predicted molar refractivity (Wildman–Crippen MR) is 55.9 cm³/mol. The van der Waals surface area contributed by atoms with Gasteiger partial charge >= 0.3 is 0 Å². The number of aliphatic hydroxyl groups is 1. The van der Waals surface area contributed by atoms with Crippen LogP contribution in [0.5, 0.6) is 11.5 Å². The van der Waals surface area contributed by atoms with Gasteiger partial charge in [-0.15, -0.1) is 12.4 Å². The summed E-state index contributed by atoms with van der Waals surface area (Å²) in [5.74, 6) is 0.0171. The smallest absolute Gasteiger partial charge is 0.121 e. The van der Waals surface area contributed by atoms with Gasteiger partial charge in [-0.3, -0.25) is 0 Å². The molecule has 80 valence electrons. The van der Waals surface area contributed by atoms with Crippen LogP contribution in [0.1, 0.15) is 11.7 Å². The van der Waals surface area contributed by atoms with E-state index < -0.39 is 6.10 Å². The molecule has 0 aromatic heterocycles. The van der Waals surface area contributed by atoms with Crippen molar-refractivity contribution in [2.75, 3.05) is 13.6 Å². The lowest BCUT2D eigenvalue weighted by Gasteiger charge is -2.11. The van der Waals surface area contributed by atoms with Crippen molar-refractivity contribution >= 4 is 12.4 Å². The van der Waals surface area contributed by atoms with Gasteiger partial charge in [0.2, 0.25) is 0 Å². The lowest BCUT2D eigenvalue weighted by atomic mass is 10.1. The molecule has 4 nitrogen and oxygen atoms in total. The van der Waals surface area contributed by atoms with Crippen molar-refractivity contribution in [3.05, 3.63) is 23.8 Å². The number of hydrogen-bond acceptors (Lipinski definition) is 4. The molecule has 0 aliphatic carbocycles. The second-order valence-electron chi connectivity index (χ2n) is 2.82. The molecule has 1 atom stereocenters. The van der Waals surface area contributed by atoms with E-state index in [2.05, 4.69) is 5.32 Å². The first-order valence-corrected chi connectivity index (χ1v) is 3.99. The normalized spacial score (nSPS) is 11.9. The SMILES string of the molecule is CNCC(O)c1cc(O)ccc1O.Cl. The van der Waals surface area contributed by atoms with Crippen LogP contribution in [-0.2, 0) is 0 Å². The van der Waals surface area contributed by atoms with Crippen LogP contribution >= 0.6 is 12.4 Å². The highest BCUT2D eigenvalue weighted by Crippen LogP contribution is 2.27. The Morgan fingerprint density at radius 1 is 1.36 bits per heavy atom. The first-order valence-electron chi connectivity index (χ1n) is 3.99. The average molecular weight is 220 g/mol. The predicted octanol–water partition coefficient (Wildman–Crippen LogP) is 0.772. The van der Waals surface area contributed by atoms with Crippen LogP contribution in [0, 0.1) is 0 Å². The third-order valence-corrected chi connectivity index (χ3v) is 1.77. The van der Waals surface area contributed by atoms with Gasteiger partial charge in [-0.25, -0.2) is 0 Å². The van der Waals surface area contributed by atoms with Crippen molar-refractivity contribution < 1.29 is 15.3 Å². The van der Waals surface area contributed by atoms with Crippen LogP contribution in [0.2, 0.25) is 0 Å². The zero-order valence-electron chi connectivity index (χ0n) is 7.77. The molecule has 0 saturated heterocycles. The maximum Gasteiger partial charge on any atom is 0.121 e. The van der Waals surface area contributed by atoms with Crippen LogP contribution in [0.3, 0.4) is 0 Å². The van der Waals surface area contributed by atoms with Gasteiger partial charge in [0, 0.05) is 12.1 Å². The Kier molecular flexibility index (Phi) is 5.30. The third kappa shape index (κ3) is 3.06. The van der Waals surface area contributed by atoms with Gasteiger partial charge in [0.1, 0.15) is 11.5 Å². The van der Waals surface area contributed by atoms with Gasteiger partial charge in [0.15, 0.2) is 0 Å². The van der Waals surface area contributed by atoms with Crippen molar-refractivity contribution in [3.8, 4) is 11.5 Å². The number of benzene rings is 1. The number of aromatic hydroxyl groups is 2. The van der Waals surface area contributed by atoms with Gasteiger partial charge in [0.05, 0.1) is 6.10 Å². The summed E-state index contributed by atoms with van der Waals surface area (Å²) in [6, 6.07) is 4.06. The lowest BCUT2D eigenvalue weighted by molar-refractivity contribution is 0.173. The molecule has 4 N–H and O–H groups in total. The van der Waals surface area contributed by atoms with Crippen LogP contribution in [-0.4, -0.2) is 28.9 Å². The minimum Gasteiger partial charge on any atom is -0.508 e. The number of phenols is 2. The van der Waals surface area contributed by atoms with E-state index in [0.29, 0.717) is 12.1 Å². The molecular formula is C9H14ClNO3. The van der Waals surface area contributed by atoms with E-state index >= 15 is 0 Å². The first-order chi connectivity index (χ1) is 6.15. The zero-order chi connectivity index (χ0) is 9.84. The Labute approximate surface area is 88.6 Å². The fourth-order valence-corrected chi connectivity index (χ4v) is 1.11. The quantitative estimate of drug-likeness (QED) is 0.567. The van der Waals surface area contributed by atoms with Crippen molar-refractivity contribution in [3.63, 3.8) is 0 Å². The van der Waals surface area contributed by atoms with Crippen LogP contribution < -0.4 is 5.32 Å². The number of aliphatic hydroxyl groups excluding tert-OH is 1. The summed E-state index contributed by atoms with van der Waals surface area (Å²) < 4.78 is 0. The van der Waals surface area contributed by atoms with E-state index in [1.165, 1.54) is 18.2 Å². The molecule has 1 rings (SSSR count). The Bertz CT molecular complexity index is 293. The lowest BCUT2D eigenvalue weighted by Crippen LogP contribution is -2.16. The summed E-state index contributed by atoms with van der Waals surface area (Å²) >= 11 is 0. The molecule has 0 spiro atoms. The number of rotatable bonds is 3. The number of likely N-dealkylation sites (N-methyl/N-ethyl adjacent to an activating group) is 1. The van der Waals surface area contributed by atoms with Crippen LogP contribution in [0.25, 0.3) is 0 Å². The minimum atomic E-state index is -0.808. The van der Waals surface area contributed by atoms with Crippen molar-refractivity contribution in [2.24, 2.45) is 0 Å². The highest BCUT2D eigenvalue weighted by atomic mass is 35.5. The molecule has 14 heavy (non-hydrogen) atoms. The number of nitrogens with one attached hydrogen (secondary N) is 1. The molecule has 1 unspecified atom stereocenters. The van der Waals surface area contributed by atoms with Gasteiger partial charge < -0.3 is 20.6 Å². The summed E-state index contributed by atoms with van der Waals surface area (Å²) in [5.41, 5.74) is 0.328. The van der Waals surface area contributed by atoms with Crippen molar-refractivity contribution in [1.29, 1.82) is 0 Å². The minimum absolute atomic E-state index is 0. The number of halogens is 1. The number of hydrogen-bond donors (Lipinski definition) is 4. The fourth-order valence-electron chi connectivity index (χ4n) is 1.11. The average Bonchev–Trinajstić information content (AvgIpc) is 2.09. The molecule has 0 aliphatic rings. The summed E-state index contributed by atoms with van der Waals surface area (Å²) in [6.45, 7) is 0.330. The van der Waals surface area contributed by atoms with Gasteiger partial charge in [-0.05, 0) is 25.2 Å². The summed E-state index contributed by atoms with van der Waals surface area (Å²) in [6.07, 6.45) is -0.808. The van der Waals surface area contributed by atoms with Gasteiger partial charge in [0.25, 0.3) is 0 Å². The molecule has 0 saturated carbocycles. The second kappa shape index (κ2) is 5.70. The maximum atomic E-state index is 9.49. The van der Waals surface area contributed by atoms with Gasteiger partial charge in [-0.1, -0.05) is 0 Å². The standard InChI is InChI=1S/C9H13NO3.ClH/c1-10-5-9(13)7-4-6(11)2-3-8(7)12;/h2-4,9-13H,5H2,1H3;1H. The van der Waals surface area contributed by atoms with E-state index in [1.54, 1.807) is 7.05 Å². The Balaban J connectivity index is 0.00000169. The molecule has 0 radical (unpaired) electrons. The molecule has 1 aromatic rings. The van der Waals surface area contributed by atoms with Crippen molar-refractivity contribution in [2.45, 2.75) is 6.10 Å². The summed E-state index contributed by atoms with van der Waals surface area (Å²) in [5, 5.41) is 30.7. The fraction of sp³-hybridized carbons (Fsp3) is 0.333. The number of phenolic OH excluding ortho intramolecular Hbond substituents is 2. The van der Waals surface area contributed by atoms with Gasteiger partial charge in [-0.2, -0.15) is 0 Å². The Hall–Kier alpha value is -0.970. The molecule has 0 amide bonds. The van der Waals surface area contributed by atoms with E-state index in [1.807, 2.05) is 0 Å². The highest BCUT2D eigenvalue weighted by molar-refractivity contribution is 5.85. The first kappa shape index (κ1) is 13.0. The van der Waals surface area contributed by atoms with E-state index in [0.717, 1.165) is 0 Å². The molecule has 1 aromatic carbocycles. The summed E-state index contributed by atoms with van der Waals surface area (Å²) in [7, 11) is 1.70. The monoisotopic (exact) mass is 219 g/mol. The molecule has 0 fully saturated rings. The molecule has 0 heterocycles. The second-order valence-corrected chi connectivity index (χ2v) is 2.82. The zero-order valence-corrected chi connectivity index (χ0v) is 8.58. The maximum absolute atomic E-state index is 9.49.